The van der Waals surface area contributed by atoms with Gasteiger partial charge in [-0.15, -0.1) is 0 Å². The Labute approximate surface area is 173 Å². The second-order valence-electron chi connectivity index (χ2n) is 6.31. The van der Waals surface area contributed by atoms with Crippen molar-refractivity contribution < 1.29 is 5.48 Å². The SMILES string of the molecule is C=Cc1ccccc1-c1ccccc1.C=Cc1ccccc1-c1ccccc1.O. The zero-order valence-corrected chi connectivity index (χ0v) is 16.5. The first-order chi connectivity index (χ1) is 13.8. The Kier molecular flexibility index (Phi) is 8.37. The van der Waals surface area contributed by atoms with E-state index in [4.69, 9.17) is 0 Å². The molecule has 0 aliphatic carbocycles. The fraction of sp³-hybridized carbons (Fsp3) is 0. The van der Waals surface area contributed by atoms with Crippen LogP contribution >= 0.6 is 0 Å². The highest BCUT2D eigenvalue weighted by Gasteiger charge is 2.00. The number of hydrogen-bond donors (Lipinski definition) is 0. The summed E-state index contributed by atoms with van der Waals surface area (Å²) >= 11 is 0. The Balaban J connectivity index is 0.000000200. The molecule has 4 rings (SSSR count). The van der Waals surface area contributed by atoms with Gasteiger partial charge in [0.1, 0.15) is 0 Å². The van der Waals surface area contributed by atoms with Gasteiger partial charge in [0.2, 0.25) is 0 Å². The Hall–Kier alpha value is -3.68. The van der Waals surface area contributed by atoms with Crippen molar-refractivity contribution in [2.45, 2.75) is 0 Å². The van der Waals surface area contributed by atoms with E-state index in [1.807, 2.05) is 36.4 Å². The maximum Gasteiger partial charge on any atom is -0.0112 e. The first kappa shape index (κ1) is 21.6. The molecule has 0 saturated heterocycles. The van der Waals surface area contributed by atoms with Crippen molar-refractivity contribution in [2.75, 3.05) is 0 Å². The second-order valence-corrected chi connectivity index (χ2v) is 6.31. The first-order valence-electron chi connectivity index (χ1n) is 9.37. The van der Waals surface area contributed by atoms with Crippen LogP contribution in [0.1, 0.15) is 11.1 Å². The van der Waals surface area contributed by atoms with Crippen LogP contribution in [0.15, 0.2) is 122 Å². The third-order valence-electron chi connectivity index (χ3n) is 4.53. The Morgan fingerprint density at radius 1 is 0.414 bits per heavy atom. The molecule has 0 aliphatic rings. The van der Waals surface area contributed by atoms with Crippen LogP contribution in [0.3, 0.4) is 0 Å². The molecule has 0 heterocycles. The van der Waals surface area contributed by atoms with Gasteiger partial charge < -0.3 is 5.48 Å². The fourth-order valence-corrected chi connectivity index (χ4v) is 3.11. The third kappa shape index (κ3) is 5.65. The van der Waals surface area contributed by atoms with Gasteiger partial charge in [0.25, 0.3) is 0 Å². The van der Waals surface area contributed by atoms with E-state index in [2.05, 4.69) is 98.1 Å². The predicted molar refractivity (Wildman–Crippen MR) is 128 cm³/mol. The first-order valence-corrected chi connectivity index (χ1v) is 9.37. The molecule has 0 atom stereocenters. The number of rotatable bonds is 4. The van der Waals surface area contributed by atoms with Crippen LogP contribution in [-0.2, 0) is 0 Å². The van der Waals surface area contributed by atoms with Crippen molar-refractivity contribution >= 4 is 12.2 Å². The Morgan fingerprint density at radius 3 is 1.07 bits per heavy atom. The quantitative estimate of drug-likeness (QED) is 0.360. The summed E-state index contributed by atoms with van der Waals surface area (Å²) < 4.78 is 0. The van der Waals surface area contributed by atoms with Crippen LogP contribution in [0.25, 0.3) is 34.4 Å². The van der Waals surface area contributed by atoms with Crippen LogP contribution in [0, 0.1) is 0 Å². The topological polar surface area (TPSA) is 31.5 Å². The average Bonchev–Trinajstić information content (AvgIpc) is 2.80. The molecule has 1 nitrogen and oxygen atoms in total. The molecule has 0 unspecified atom stereocenters. The molecule has 0 saturated carbocycles. The maximum atomic E-state index is 3.82. The zero-order valence-electron chi connectivity index (χ0n) is 16.5. The van der Waals surface area contributed by atoms with Gasteiger partial charge in [0, 0.05) is 0 Å². The highest BCUT2D eigenvalue weighted by atomic mass is 16.0. The lowest BCUT2D eigenvalue weighted by molar-refractivity contribution is 0.824. The lowest BCUT2D eigenvalue weighted by atomic mass is 10.00. The standard InChI is InChI=1S/2C14H12.H2O/c2*1-2-12-8-6-7-11-14(12)13-9-4-3-5-10-13;/h2*2-11H,1H2;1H2. The zero-order chi connectivity index (χ0) is 19.6. The normalized spacial score (nSPS) is 9.38. The molecule has 0 radical (unpaired) electrons. The van der Waals surface area contributed by atoms with Crippen molar-refractivity contribution in [2.24, 2.45) is 0 Å². The molecule has 0 aliphatic heterocycles. The average molecular weight is 379 g/mol. The van der Waals surface area contributed by atoms with Gasteiger partial charge in [0.05, 0.1) is 0 Å². The third-order valence-corrected chi connectivity index (χ3v) is 4.53. The molecule has 0 spiro atoms. The van der Waals surface area contributed by atoms with E-state index < -0.39 is 0 Å². The van der Waals surface area contributed by atoms with E-state index >= 15 is 0 Å². The summed E-state index contributed by atoms with van der Waals surface area (Å²) in [4.78, 5) is 0. The van der Waals surface area contributed by atoms with Gasteiger partial charge in [-0.05, 0) is 33.4 Å². The van der Waals surface area contributed by atoms with Gasteiger partial charge >= 0.3 is 0 Å². The molecule has 0 fully saturated rings. The molecule has 0 bridgehead atoms. The molecule has 2 N–H and O–H groups in total. The summed E-state index contributed by atoms with van der Waals surface area (Å²) in [6.07, 6.45) is 3.78. The van der Waals surface area contributed by atoms with Crippen molar-refractivity contribution in [1.29, 1.82) is 0 Å². The van der Waals surface area contributed by atoms with Crippen molar-refractivity contribution in [1.82, 2.24) is 0 Å². The summed E-state index contributed by atoms with van der Waals surface area (Å²) in [6.45, 7) is 7.63. The highest BCUT2D eigenvalue weighted by molar-refractivity contribution is 5.75. The highest BCUT2D eigenvalue weighted by Crippen LogP contribution is 2.24. The van der Waals surface area contributed by atoms with Crippen LogP contribution in [-0.4, -0.2) is 5.48 Å². The van der Waals surface area contributed by atoms with Crippen molar-refractivity contribution in [3.05, 3.63) is 133 Å². The molecular formula is C28H26O. The van der Waals surface area contributed by atoms with Gasteiger partial charge in [-0.25, -0.2) is 0 Å². The lowest BCUT2D eigenvalue weighted by Crippen LogP contribution is -1.81. The van der Waals surface area contributed by atoms with Crippen LogP contribution in [0.2, 0.25) is 0 Å². The molecule has 29 heavy (non-hydrogen) atoms. The monoisotopic (exact) mass is 378 g/mol. The van der Waals surface area contributed by atoms with Crippen LogP contribution in [0.4, 0.5) is 0 Å². The Bertz CT molecular complexity index is 947. The van der Waals surface area contributed by atoms with E-state index in [0.717, 1.165) is 0 Å². The molecule has 144 valence electrons. The summed E-state index contributed by atoms with van der Waals surface area (Å²) in [6, 6.07) is 37.3. The van der Waals surface area contributed by atoms with Crippen LogP contribution < -0.4 is 0 Å². The second kappa shape index (κ2) is 11.2. The van der Waals surface area contributed by atoms with E-state index in [1.54, 1.807) is 0 Å². The minimum absolute atomic E-state index is 0. The minimum atomic E-state index is 0. The van der Waals surface area contributed by atoms with Crippen molar-refractivity contribution in [3.63, 3.8) is 0 Å². The van der Waals surface area contributed by atoms with E-state index in [-0.39, 0.29) is 5.48 Å². The van der Waals surface area contributed by atoms with E-state index in [0.29, 0.717) is 0 Å². The molecule has 4 aromatic carbocycles. The molecule has 4 aromatic rings. The van der Waals surface area contributed by atoms with Gasteiger partial charge in [0.15, 0.2) is 0 Å². The largest absolute Gasteiger partial charge is 0.412 e. The molecule has 1 heteroatoms. The van der Waals surface area contributed by atoms with E-state index in [1.165, 1.54) is 33.4 Å². The summed E-state index contributed by atoms with van der Waals surface area (Å²) in [5.41, 5.74) is 7.31. The summed E-state index contributed by atoms with van der Waals surface area (Å²) in [7, 11) is 0. The maximum absolute atomic E-state index is 3.82. The van der Waals surface area contributed by atoms with Gasteiger partial charge in [-0.1, -0.05) is 135 Å². The fourth-order valence-electron chi connectivity index (χ4n) is 3.11. The number of benzene rings is 4. The Morgan fingerprint density at radius 2 is 0.724 bits per heavy atom. The van der Waals surface area contributed by atoms with Gasteiger partial charge in [-0.2, -0.15) is 0 Å². The van der Waals surface area contributed by atoms with E-state index in [9.17, 15) is 0 Å². The van der Waals surface area contributed by atoms with Crippen LogP contribution in [0.5, 0.6) is 0 Å². The smallest absolute Gasteiger partial charge is 0.0112 e. The molecule has 0 amide bonds. The van der Waals surface area contributed by atoms with Crippen molar-refractivity contribution in [3.8, 4) is 22.3 Å². The lowest BCUT2D eigenvalue weighted by Gasteiger charge is -2.04. The molecular weight excluding hydrogens is 352 g/mol. The molecule has 0 aromatic heterocycles. The van der Waals surface area contributed by atoms with Gasteiger partial charge in [-0.3, -0.25) is 0 Å². The number of hydrogen-bond acceptors (Lipinski definition) is 0. The summed E-state index contributed by atoms with van der Waals surface area (Å²) in [5, 5.41) is 0. The summed E-state index contributed by atoms with van der Waals surface area (Å²) in [5.74, 6) is 0. The minimum Gasteiger partial charge on any atom is -0.412 e. The predicted octanol–water partition coefficient (Wildman–Crippen LogP) is 7.17.